The number of hydrogen-bond donors (Lipinski definition) is 0. The third kappa shape index (κ3) is 4.08. The van der Waals surface area contributed by atoms with E-state index in [-0.39, 0.29) is 0 Å². The van der Waals surface area contributed by atoms with Crippen molar-refractivity contribution in [2.45, 2.75) is 40.0 Å². The molecule has 2 atom stereocenters. The molecule has 0 aromatic carbocycles. The molecule has 0 N–H and O–H groups in total. The van der Waals surface area contributed by atoms with Crippen LogP contribution in [0.4, 0.5) is 0 Å². The van der Waals surface area contributed by atoms with E-state index in [1.54, 1.807) is 0 Å². The molecule has 3 heteroatoms. The minimum atomic E-state index is 0.357. The molecule has 1 aliphatic rings. The van der Waals surface area contributed by atoms with Crippen molar-refractivity contribution in [2.75, 3.05) is 18.4 Å². The van der Waals surface area contributed by atoms with E-state index in [1.165, 1.54) is 6.42 Å². The Balaban J connectivity index is 2.53. The number of alkyl halides is 1. The van der Waals surface area contributed by atoms with E-state index in [1.807, 2.05) is 0 Å². The maximum atomic E-state index is 11.9. The maximum absolute atomic E-state index is 11.9. The van der Waals surface area contributed by atoms with Gasteiger partial charge in [0.15, 0.2) is 0 Å². The minimum Gasteiger partial charge on any atom is -0.342 e. The van der Waals surface area contributed by atoms with Crippen LogP contribution in [0.1, 0.15) is 40.0 Å². The standard InChI is InChI=1S/C13H24BrNO/c1-10(2)12(8-14)9-15-7-6-11(3)4-5-13(15)16/h10-12H,4-9H2,1-3H3. The summed E-state index contributed by atoms with van der Waals surface area (Å²) in [4.78, 5) is 14.0. The molecule has 16 heavy (non-hydrogen) atoms. The van der Waals surface area contributed by atoms with Gasteiger partial charge in [-0.3, -0.25) is 4.79 Å². The Morgan fingerprint density at radius 2 is 2.12 bits per heavy atom. The molecule has 0 aromatic heterocycles. The maximum Gasteiger partial charge on any atom is 0.222 e. The van der Waals surface area contributed by atoms with E-state index >= 15 is 0 Å². The summed E-state index contributed by atoms with van der Waals surface area (Å²) in [6.45, 7) is 8.60. The molecule has 0 bridgehead atoms. The molecular formula is C13H24BrNO. The third-order valence-corrected chi connectivity index (χ3v) is 4.52. The van der Waals surface area contributed by atoms with Gasteiger partial charge < -0.3 is 4.90 Å². The Morgan fingerprint density at radius 1 is 1.44 bits per heavy atom. The molecule has 0 radical (unpaired) electrons. The topological polar surface area (TPSA) is 20.3 Å². The fourth-order valence-corrected chi connectivity index (χ4v) is 3.04. The summed E-state index contributed by atoms with van der Waals surface area (Å²) in [6.07, 6.45) is 2.98. The fraction of sp³-hybridized carbons (Fsp3) is 0.923. The summed E-state index contributed by atoms with van der Waals surface area (Å²) in [7, 11) is 0. The van der Waals surface area contributed by atoms with Crippen LogP contribution in [0.25, 0.3) is 0 Å². The molecule has 2 unspecified atom stereocenters. The third-order valence-electron chi connectivity index (χ3n) is 3.69. The summed E-state index contributed by atoms with van der Waals surface area (Å²) in [5.41, 5.74) is 0. The predicted octanol–water partition coefficient (Wildman–Crippen LogP) is 3.30. The summed E-state index contributed by atoms with van der Waals surface area (Å²) in [6, 6.07) is 0. The average Bonchev–Trinajstić information content (AvgIpc) is 2.39. The lowest BCUT2D eigenvalue weighted by atomic mass is 9.97. The number of likely N-dealkylation sites (tertiary alicyclic amines) is 1. The van der Waals surface area contributed by atoms with Crippen LogP contribution in [0.2, 0.25) is 0 Å². The van der Waals surface area contributed by atoms with Gasteiger partial charge in [-0.1, -0.05) is 36.7 Å². The van der Waals surface area contributed by atoms with Crippen molar-refractivity contribution in [2.24, 2.45) is 17.8 Å². The van der Waals surface area contributed by atoms with Gasteiger partial charge in [-0.05, 0) is 30.6 Å². The van der Waals surface area contributed by atoms with Gasteiger partial charge in [-0.25, -0.2) is 0 Å². The highest BCUT2D eigenvalue weighted by molar-refractivity contribution is 9.09. The summed E-state index contributed by atoms with van der Waals surface area (Å²) < 4.78 is 0. The number of nitrogens with zero attached hydrogens (tertiary/aromatic N) is 1. The largest absolute Gasteiger partial charge is 0.342 e. The van der Waals surface area contributed by atoms with Gasteiger partial charge in [0, 0.05) is 24.8 Å². The number of rotatable bonds is 4. The van der Waals surface area contributed by atoms with Crippen LogP contribution < -0.4 is 0 Å². The Bertz CT molecular complexity index is 230. The van der Waals surface area contributed by atoms with Crippen LogP contribution >= 0.6 is 15.9 Å². The smallest absolute Gasteiger partial charge is 0.222 e. The van der Waals surface area contributed by atoms with Crippen LogP contribution in [0.3, 0.4) is 0 Å². The van der Waals surface area contributed by atoms with E-state index < -0.39 is 0 Å². The zero-order valence-electron chi connectivity index (χ0n) is 10.7. The number of hydrogen-bond acceptors (Lipinski definition) is 1. The summed E-state index contributed by atoms with van der Waals surface area (Å²) in [5.74, 6) is 2.27. The monoisotopic (exact) mass is 289 g/mol. The first-order valence-corrected chi connectivity index (χ1v) is 7.50. The fourth-order valence-electron chi connectivity index (χ4n) is 2.09. The van der Waals surface area contributed by atoms with Crippen molar-refractivity contribution in [3.05, 3.63) is 0 Å². The molecule has 1 fully saturated rings. The van der Waals surface area contributed by atoms with Crippen molar-refractivity contribution in [1.29, 1.82) is 0 Å². The zero-order chi connectivity index (χ0) is 12.1. The lowest BCUT2D eigenvalue weighted by molar-refractivity contribution is -0.131. The second-order valence-electron chi connectivity index (χ2n) is 5.43. The van der Waals surface area contributed by atoms with Crippen molar-refractivity contribution in [1.82, 2.24) is 4.90 Å². The normalized spacial score (nSPS) is 24.7. The highest BCUT2D eigenvalue weighted by atomic mass is 79.9. The molecule has 94 valence electrons. The molecule has 1 rings (SSSR count). The van der Waals surface area contributed by atoms with Crippen molar-refractivity contribution < 1.29 is 4.79 Å². The number of carbonyl (C=O) groups is 1. The van der Waals surface area contributed by atoms with Crippen molar-refractivity contribution in [3.63, 3.8) is 0 Å². The Hall–Kier alpha value is -0.0500. The first kappa shape index (κ1) is 14.0. The minimum absolute atomic E-state index is 0.357. The number of halogens is 1. The van der Waals surface area contributed by atoms with Gasteiger partial charge in [0.1, 0.15) is 0 Å². The molecule has 2 nitrogen and oxygen atoms in total. The van der Waals surface area contributed by atoms with E-state index in [0.29, 0.717) is 23.7 Å². The Kier molecular flexibility index (Phi) is 5.81. The Labute approximate surface area is 108 Å². The van der Waals surface area contributed by atoms with Crippen molar-refractivity contribution in [3.8, 4) is 0 Å². The molecule has 0 aliphatic carbocycles. The van der Waals surface area contributed by atoms with Crippen LogP contribution in [-0.4, -0.2) is 29.2 Å². The molecule has 0 aromatic rings. The molecular weight excluding hydrogens is 266 g/mol. The molecule has 1 amide bonds. The lowest BCUT2D eigenvalue weighted by Gasteiger charge is -2.27. The highest BCUT2D eigenvalue weighted by Crippen LogP contribution is 2.21. The van der Waals surface area contributed by atoms with Crippen LogP contribution in [0, 0.1) is 17.8 Å². The van der Waals surface area contributed by atoms with Gasteiger partial charge in [0.05, 0.1) is 0 Å². The van der Waals surface area contributed by atoms with Gasteiger partial charge in [-0.15, -0.1) is 0 Å². The second kappa shape index (κ2) is 6.63. The quantitative estimate of drug-likeness (QED) is 0.727. The predicted molar refractivity (Wildman–Crippen MR) is 71.7 cm³/mol. The van der Waals surface area contributed by atoms with E-state index in [9.17, 15) is 4.79 Å². The zero-order valence-corrected chi connectivity index (χ0v) is 12.3. The van der Waals surface area contributed by atoms with Gasteiger partial charge >= 0.3 is 0 Å². The van der Waals surface area contributed by atoms with Gasteiger partial charge in [0.2, 0.25) is 5.91 Å². The van der Waals surface area contributed by atoms with E-state index in [4.69, 9.17) is 0 Å². The molecule has 1 aliphatic heterocycles. The number of carbonyl (C=O) groups excluding carboxylic acids is 1. The van der Waals surface area contributed by atoms with Crippen LogP contribution in [0.5, 0.6) is 0 Å². The summed E-state index contributed by atoms with van der Waals surface area (Å²) in [5, 5.41) is 0.990. The molecule has 0 saturated carbocycles. The van der Waals surface area contributed by atoms with Crippen molar-refractivity contribution >= 4 is 21.8 Å². The molecule has 1 saturated heterocycles. The average molecular weight is 290 g/mol. The first-order valence-electron chi connectivity index (χ1n) is 6.38. The summed E-state index contributed by atoms with van der Waals surface area (Å²) >= 11 is 3.56. The molecule has 1 heterocycles. The van der Waals surface area contributed by atoms with Crippen LogP contribution in [0.15, 0.2) is 0 Å². The Morgan fingerprint density at radius 3 is 2.69 bits per heavy atom. The second-order valence-corrected chi connectivity index (χ2v) is 6.08. The van der Waals surface area contributed by atoms with Gasteiger partial charge in [-0.2, -0.15) is 0 Å². The molecule has 0 spiro atoms. The highest BCUT2D eigenvalue weighted by Gasteiger charge is 2.23. The number of amides is 1. The first-order chi connectivity index (χ1) is 7.54. The van der Waals surface area contributed by atoms with E-state index in [2.05, 4.69) is 41.6 Å². The lowest BCUT2D eigenvalue weighted by Crippen LogP contribution is -2.37. The van der Waals surface area contributed by atoms with Crippen LogP contribution in [-0.2, 0) is 4.79 Å². The van der Waals surface area contributed by atoms with E-state index in [0.717, 1.165) is 31.3 Å². The van der Waals surface area contributed by atoms with Gasteiger partial charge in [0.25, 0.3) is 0 Å². The SMILES string of the molecule is CC1CCC(=O)N(CC(CBr)C(C)C)CC1.